The number of rotatable bonds is 5. The van der Waals surface area contributed by atoms with Crippen LogP contribution in [0.2, 0.25) is 0 Å². The number of fused-ring (bicyclic) bond motifs is 2. The first-order valence-electron chi connectivity index (χ1n) is 10.2. The highest BCUT2D eigenvalue weighted by molar-refractivity contribution is 7.23. The van der Waals surface area contributed by atoms with Crippen molar-refractivity contribution >= 4 is 59.7 Å². The molecule has 5 aromatic rings. The van der Waals surface area contributed by atoms with Crippen molar-refractivity contribution in [3.8, 4) is 0 Å². The molecule has 164 valence electrons. The molecule has 0 radical (unpaired) electrons. The fraction of sp³-hybridized carbons (Fsp3) is 0.125. The van der Waals surface area contributed by atoms with Crippen LogP contribution in [0.3, 0.4) is 0 Å². The molecule has 0 saturated carbocycles. The van der Waals surface area contributed by atoms with Gasteiger partial charge in [0.1, 0.15) is 0 Å². The van der Waals surface area contributed by atoms with Gasteiger partial charge in [-0.15, -0.1) is 11.3 Å². The number of thiazole rings is 1. The fourth-order valence-corrected chi connectivity index (χ4v) is 5.58. The van der Waals surface area contributed by atoms with E-state index in [-0.39, 0.29) is 18.1 Å². The van der Waals surface area contributed by atoms with Crippen molar-refractivity contribution in [3.05, 3.63) is 92.6 Å². The third-order valence-corrected chi connectivity index (χ3v) is 7.58. The minimum Gasteiger partial charge on any atom is -0.277 e. The van der Waals surface area contributed by atoms with Crippen LogP contribution in [0.25, 0.3) is 20.3 Å². The molecule has 0 fully saturated rings. The molecule has 33 heavy (non-hydrogen) atoms. The first-order valence-corrected chi connectivity index (χ1v) is 11.8. The molecule has 3 aromatic heterocycles. The molecule has 1 amide bonds. The van der Waals surface area contributed by atoms with Crippen LogP contribution >= 0.6 is 22.7 Å². The Morgan fingerprint density at radius 1 is 1.03 bits per heavy atom. The van der Waals surface area contributed by atoms with Gasteiger partial charge in [0.05, 0.1) is 32.3 Å². The van der Waals surface area contributed by atoms with Gasteiger partial charge in [0, 0.05) is 28.4 Å². The van der Waals surface area contributed by atoms with Crippen LogP contribution in [0.15, 0.2) is 60.8 Å². The van der Waals surface area contributed by atoms with Crippen molar-refractivity contribution in [1.82, 2.24) is 9.97 Å². The molecule has 9 heteroatoms. The number of carbonyl (C=O) groups is 1. The Kier molecular flexibility index (Phi) is 5.35. The minimum atomic E-state index is -0.433. The summed E-state index contributed by atoms with van der Waals surface area (Å²) in [5.41, 5.74) is 3.92. The number of amides is 1. The van der Waals surface area contributed by atoms with Crippen molar-refractivity contribution in [1.29, 1.82) is 0 Å². The van der Waals surface area contributed by atoms with Crippen molar-refractivity contribution in [2.75, 3.05) is 4.90 Å². The lowest BCUT2D eigenvalue weighted by molar-refractivity contribution is -0.384. The van der Waals surface area contributed by atoms with E-state index < -0.39 is 4.92 Å². The summed E-state index contributed by atoms with van der Waals surface area (Å²) in [6.07, 6.45) is 1.70. The van der Waals surface area contributed by atoms with Gasteiger partial charge >= 0.3 is 0 Å². The highest BCUT2D eigenvalue weighted by Gasteiger charge is 2.24. The van der Waals surface area contributed by atoms with Gasteiger partial charge in [-0.2, -0.15) is 0 Å². The quantitative estimate of drug-likeness (QED) is 0.221. The number of benzene rings is 2. The number of anilines is 1. The van der Waals surface area contributed by atoms with Gasteiger partial charge in [-0.3, -0.25) is 24.8 Å². The lowest BCUT2D eigenvalue weighted by Crippen LogP contribution is -2.30. The number of nitro groups is 1. The summed E-state index contributed by atoms with van der Waals surface area (Å²) in [5.74, 6) is -0.211. The highest BCUT2D eigenvalue weighted by Crippen LogP contribution is 2.35. The zero-order valence-corrected chi connectivity index (χ0v) is 19.4. The second kappa shape index (κ2) is 8.34. The molecule has 0 bridgehead atoms. The van der Waals surface area contributed by atoms with Crippen LogP contribution in [0.5, 0.6) is 0 Å². The molecular weight excluding hydrogens is 456 g/mol. The molecule has 0 N–H and O–H groups in total. The van der Waals surface area contributed by atoms with Gasteiger partial charge in [-0.25, -0.2) is 4.98 Å². The third kappa shape index (κ3) is 4.08. The van der Waals surface area contributed by atoms with Crippen LogP contribution in [0.1, 0.15) is 26.5 Å². The molecule has 2 aromatic carbocycles. The summed E-state index contributed by atoms with van der Waals surface area (Å²) in [4.78, 5) is 35.7. The van der Waals surface area contributed by atoms with Crippen molar-refractivity contribution in [3.63, 3.8) is 0 Å². The predicted octanol–water partition coefficient (Wildman–Crippen LogP) is 6.28. The Hall–Kier alpha value is -3.69. The maximum Gasteiger partial charge on any atom is 0.270 e. The fourth-order valence-electron chi connectivity index (χ4n) is 3.55. The molecule has 0 unspecified atom stereocenters. The number of pyridine rings is 1. The molecule has 0 atom stereocenters. The Bertz CT molecular complexity index is 1490. The molecule has 0 aliphatic carbocycles. The van der Waals surface area contributed by atoms with E-state index in [1.807, 2.05) is 31.2 Å². The number of hydrogen-bond acceptors (Lipinski definition) is 7. The van der Waals surface area contributed by atoms with Crippen LogP contribution in [0.4, 0.5) is 10.8 Å². The molecule has 7 nitrogen and oxygen atoms in total. The molecule has 0 spiro atoms. The number of hydrogen-bond donors (Lipinski definition) is 0. The highest BCUT2D eigenvalue weighted by atomic mass is 32.1. The summed E-state index contributed by atoms with van der Waals surface area (Å²) in [6, 6.07) is 16.1. The SMILES string of the molecule is Cc1cc2nc(N(Cc3ccccn3)C(=O)c3cc4cc([N+](=O)[O-])ccc4s3)sc2cc1C. The first kappa shape index (κ1) is 21.2. The second-order valence-electron chi connectivity index (χ2n) is 7.70. The van der Waals surface area contributed by atoms with E-state index in [9.17, 15) is 14.9 Å². The average molecular weight is 475 g/mol. The molecular formula is C24H18N4O3S2. The standard InChI is InChI=1S/C24H18N4O3S2/c1-14-9-19-21(10-15(14)2)33-24(26-19)27(13-17-5-3-4-8-25-17)23(29)22-12-16-11-18(28(30)31)6-7-20(16)32-22/h3-12H,13H2,1-2H3. The van der Waals surface area contributed by atoms with Gasteiger partial charge in [-0.05, 0) is 61.4 Å². The van der Waals surface area contributed by atoms with Gasteiger partial charge in [-0.1, -0.05) is 17.4 Å². The van der Waals surface area contributed by atoms with E-state index in [4.69, 9.17) is 4.98 Å². The van der Waals surface area contributed by atoms with Crippen molar-refractivity contribution in [2.24, 2.45) is 0 Å². The van der Waals surface area contributed by atoms with Crippen LogP contribution < -0.4 is 4.90 Å². The Balaban J connectivity index is 1.59. The summed E-state index contributed by atoms with van der Waals surface area (Å²) in [6.45, 7) is 4.37. The summed E-state index contributed by atoms with van der Waals surface area (Å²) < 4.78 is 1.83. The van der Waals surface area contributed by atoms with E-state index >= 15 is 0 Å². The van der Waals surface area contributed by atoms with Crippen LogP contribution in [0, 0.1) is 24.0 Å². The molecule has 3 heterocycles. The first-order chi connectivity index (χ1) is 15.9. The maximum atomic E-state index is 13.7. The Morgan fingerprint density at radius 3 is 2.61 bits per heavy atom. The smallest absolute Gasteiger partial charge is 0.270 e. The number of thiophene rings is 1. The normalized spacial score (nSPS) is 11.2. The minimum absolute atomic E-state index is 0.00144. The topological polar surface area (TPSA) is 89.2 Å². The van der Waals surface area contributed by atoms with E-state index in [0.717, 1.165) is 26.2 Å². The number of non-ortho nitro benzene ring substituents is 1. The third-order valence-electron chi connectivity index (χ3n) is 5.44. The van der Waals surface area contributed by atoms with E-state index in [0.29, 0.717) is 15.4 Å². The monoisotopic (exact) mass is 474 g/mol. The number of nitrogens with zero attached hydrogens (tertiary/aromatic N) is 4. The van der Waals surface area contributed by atoms with Crippen LogP contribution in [-0.4, -0.2) is 20.8 Å². The van der Waals surface area contributed by atoms with E-state index in [2.05, 4.69) is 18.0 Å². The lowest BCUT2D eigenvalue weighted by atomic mass is 10.1. The Morgan fingerprint density at radius 2 is 1.85 bits per heavy atom. The average Bonchev–Trinajstić information content (AvgIpc) is 3.41. The van der Waals surface area contributed by atoms with Gasteiger partial charge in [0.15, 0.2) is 5.13 Å². The number of aromatic nitrogens is 2. The molecule has 0 saturated heterocycles. The lowest BCUT2D eigenvalue weighted by Gasteiger charge is -2.18. The number of aryl methyl sites for hydroxylation is 2. The van der Waals surface area contributed by atoms with Crippen molar-refractivity contribution in [2.45, 2.75) is 20.4 Å². The van der Waals surface area contributed by atoms with Crippen molar-refractivity contribution < 1.29 is 9.72 Å². The van der Waals surface area contributed by atoms with Gasteiger partial charge < -0.3 is 0 Å². The molecule has 0 aliphatic heterocycles. The zero-order valence-electron chi connectivity index (χ0n) is 17.8. The largest absolute Gasteiger partial charge is 0.277 e. The number of nitro benzene ring substituents is 1. The summed E-state index contributed by atoms with van der Waals surface area (Å²) in [5, 5.41) is 12.4. The molecule has 5 rings (SSSR count). The zero-order chi connectivity index (χ0) is 23.1. The second-order valence-corrected chi connectivity index (χ2v) is 9.80. The summed E-state index contributed by atoms with van der Waals surface area (Å²) in [7, 11) is 0. The predicted molar refractivity (Wildman–Crippen MR) is 132 cm³/mol. The van der Waals surface area contributed by atoms with Gasteiger partial charge in [0.25, 0.3) is 11.6 Å². The van der Waals surface area contributed by atoms with Crippen LogP contribution in [-0.2, 0) is 6.54 Å². The number of carbonyl (C=O) groups excluding carboxylic acids is 1. The van der Waals surface area contributed by atoms with Gasteiger partial charge in [0.2, 0.25) is 0 Å². The Labute approximate surface area is 197 Å². The van der Waals surface area contributed by atoms with E-state index in [1.165, 1.54) is 40.4 Å². The molecule has 0 aliphatic rings. The van der Waals surface area contributed by atoms with E-state index in [1.54, 1.807) is 23.2 Å². The maximum absolute atomic E-state index is 13.7. The summed E-state index contributed by atoms with van der Waals surface area (Å²) >= 11 is 2.78.